The summed E-state index contributed by atoms with van der Waals surface area (Å²) in [4.78, 5) is 22.0. The minimum Gasteiger partial charge on any atom is -0.491 e. The van der Waals surface area contributed by atoms with E-state index in [1.807, 2.05) is 6.07 Å². The second-order valence-corrected chi connectivity index (χ2v) is 4.14. The number of nitrogens with one attached hydrogen (secondary N) is 1. The van der Waals surface area contributed by atoms with E-state index in [0.717, 1.165) is 12.8 Å². The second kappa shape index (κ2) is 8.13. The number of unbranched alkanes of at least 4 members (excludes halogenated alkanes) is 1. The lowest BCUT2D eigenvalue weighted by atomic mass is 10.2. The molecule has 1 aromatic rings. The van der Waals surface area contributed by atoms with E-state index < -0.39 is 5.97 Å². The van der Waals surface area contributed by atoms with Crippen LogP contribution in [0.3, 0.4) is 0 Å². The Kier molecular flexibility index (Phi) is 6.43. The second-order valence-electron chi connectivity index (χ2n) is 4.14. The molecule has 1 aromatic carbocycles. The maximum absolute atomic E-state index is 11.6. The largest absolute Gasteiger partial charge is 0.491 e. The third-order valence-electron chi connectivity index (χ3n) is 2.48. The lowest BCUT2D eigenvalue weighted by molar-refractivity contribution is -0.138. The van der Waals surface area contributed by atoms with Crippen LogP contribution in [-0.2, 0) is 9.59 Å². The average molecular weight is 265 g/mol. The van der Waals surface area contributed by atoms with Crippen molar-refractivity contribution in [2.45, 2.75) is 32.6 Å². The minimum atomic E-state index is -0.984. The highest BCUT2D eigenvalue weighted by molar-refractivity contribution is 5.93. The zero-order valence-corrected chi connectivity index (χ0v) is 11.0. The first kappa shape index (κ1) is 15.0. The Bertz CT molecular complexity index is 431. The van der Waals surface area contributed by atoms with Gasteiger partial charge in [-0.25, -0.2) is 0 Å². The monoisotopic (exact) mass is 265 g/mol. The fraction of sp³-hybridized carbons (Fsp3) is 0.429. The summed E-state index contributed by atoms with van der Waals surface area (Å²) >= 11 is 0. The van der Waals surface area contributed by atoms with Gasteiger partial charge < -0.3 is 15.2 Å². The predicted octanol–water partition coefficient (Wildman–Crippen LogP) is 2.67. The van der Waals surface area contributed by atoms with Crippen LogP contribution in [-0.4, -0.2) is 23.6 Å². The van der Waals surface area contributed by atoms with Crippen LogP contribution in [0, 0.1) is 0 Å². The third kappa shape index (κ3) is 5.90. The van der Waals surface area contributed by atoms with Crippen LogP contribution in [0.15, 0.2) is 24.3 Å². The maximum atomic E-state index is 11.6. The Morgan fingerprint density at radius 3 is 2.68 bits per heavy atom. The molecule has 0 aromatic heterocycles. The fourth-order valence-electron chi connectivity index (χ4n) is 1.46. The number of benzene rings is 1. The molecule has 1 rings (SSSR count). The van der Waals surface area contributed by atoms with Crippen molar-refractivity contribution in [3.05, 3.63) is 24.3 Å². The molecule has 0 saturated heterocycles. The van der Waals surface area contributed by atoms with E-state index in [1.165, 1.54) is 0 Å². The van der Waals surface area contributed by atoms with E-state index in [9.17, 15) is 9.59 Å². The summed E-state index contributed by atoms with van der Waals surface area (Å²) in [6.07, 6.45) is 1.76. The van der Waals surface area contributed by atoms with Gasteiger partial charge in [0.05, 0.1) is 18.7 Å². The van der Waals surface area contributed by atoms with Crippen molar-refractivity contribution in [2.24, 2.45) is 0 Å². The number of rotatable bonds is 8. The topological polar surface area (TPSA) is 75.6 Å². The summed E-state index contributed by atoms with van der Waals surface area (Å²) in [6.45, 7) is 2.67. The van der Waals surface area contributed by atoms with Crippen molar-refractivity contribution >= 4 is 17.6 Å². The molecule has 0 spiro atoms. The number of carboxylic acid groups (broad SMARTS) is 1. The maximum Gasteiger partial charge on any atom is 0.303 e. The van der Waals surface area contributed by atoms with Crippen molar-refractivity contribution in [1.29, 1.82) is 0 Å². The first-order chi connectivity index (χ1) is 9.13. The van der Waals surface area contributed by atoms with E-state index in [-0.39, 0.29) is 18.7 Å². The molecule has 0 heterocycles. The number of para-hydroxylation sites is 2. The molecule has 104 valence electrons. The Morgan fingerprint density at radius 1 is 1.26 bits per heavy atom. The number of ether oxygens (including phenoxy) is 1. The van der Waals surface area contributed by atoms with Gasteiger partial charge in [0.15, 0.2) is 0 Å². The molecule has 1 amide bonds. The lowest BCUT2D eigenvalue weighted by Crippen LogP contribution is -2.14. The van der Waals surface area contributed by atoms with E-state index in [0.29, 0.717) is 18.0 Å². The van der Waals surface area contributed by atoms with Gasteiger partial charge in [0.25, 0.3) is 0 Å². The number of carbonyl (C=O) groups excluding carboxylic acids is 1. The van der Waals surface area contributed by atoms with Crippen molar-refractivity contribution in [3.8, 4) is 5.75 Å². The van der Waals surface area contributed by atoms with Crippen LogP contribution in [0.25, 0.3) is 0 Å². The third-order valence-corrected chi connectivity index (χ3v) is 2.48. The van der Waals surface area contributed by atoms with E-state index in [2.05, 4.69) is 12.2 Å². The van der Waals surface area contributed by atoms with Gasteiger partial charge in [-0.1, -0.05) is 25.5 Å². The average Bonchev–Trinajstić information content (AvgIpc) is 2.39. The number of hydrogen-bond acceptors (Lipinski definition) is 3. The van der Waals surface area contributed by atoms with Gasteiger partial charge in [-0.15, -0.1) is 0 Å². The van der Waals surface area contributed by atoms with Crippen LogP contribution < -0.4 is 10.1 Å². The first-order valence-corrected chi connectivity index (χ1v) is 6.37. The number of hydrogen-bond donors (Lipinski definition) is 2. The molecule has 19 heavy (non-hydrogen) atoms. The van der Waals surface area contributed by atoms with Crippen molar-refractivity contribution in [3.63, 3.8) is 0 Å². The standard InChI is InChI=1S/C14H19NO4/c1-2-3-10-19-12-7-5-4-6-11(12)15-13(16)8-9-14(17)18/h4-7H,2-3,8-10H2,1H3,(H,15,16)(H,17,18). The van der Waals surface area contributed by atoms with Crippen LogP contribution in [0.5, 0.6) is 5.75 Å². The van der Waals surface area contributed by atoms with Gasteiger partial charge in [0, 0.05) is 6.42 Å². The molecule has 0 saturated carbocycles. The Hall–Kier alpha value is -2.04. The van der Waals surface area contributed by atoms with Crippen molar-refractivity contribution in [1.82, 2.24) is 0 Å². The van der Waals surface area contributed by atoms with Gasteiger partial charge in [-0.2, -0.15) is 0 Å². The van der Waals surface area contributed by atoms with Crippen molar-refractivity contribution in [2.75, 3.05) is 11.9 Å². The van der Waals surface area contributed by atoms with Crippen LogP contribution in [0.4, 0.5) is 5.69 Å². The molecule has 0 atom stereocenters. The summed E-state index contributed by atoms with van der Waals surface area (Å²) in [5.74, 6) is -0.698. The molecule has 0 aliphatic carbocycles. The summed E-state index contributed by atoms with van der Waals surface area (Å²) in [5, 5.41) is 11.2. The minimum absolute atomic E-state index is 0.0430. The molecule has 5 heteroatoms. The Morgan fingerprint density at radius 2 is 2.00 bits per heavy atom. The lowest BCUT2D eigenvalue weighted by Gasteiger charge is -2.11. The molecule has 0 radical (unpaired) electrons. The Balaban J connectivity index is 2.56. The summed E-state index contributed by atoms with van der Waals surface area (Å²) in [7, 11) is 0. The number of aliphatic carboxylic acids is 1. The van der Waals surface area contributed by atoms with E-state index in [1.54, 1.807) is 18.2 Å². The zero-order chi connectivity index (χ0) is 14.1. The molecule has 0 unspecified atom stereocenters. The summed E-state index contributed by atoms with van der Waals surface area (Å²) in [6, 6.07) is 7.14. The SMILES string of the molecule is CCCCOc1ccccc1NC(=O)CCC(=O)O. The van der Waals surface area contributed by atoms with E-state index >= 15 is 0 Å². The number of carboxylic acids is 1. The molecule has 5 nitrogen and oxygen atoms in total. The highest BCUT2D eigenvalue weighted by atomic mass is 16.5. The number of amides is 1. The molecule has 0 aliphatic heterocycles. The van der Waals surface area contributed by atoms with Crippen molar-refractivity contribution < 1.29 is 19.4 Å². The summed E-state index contributed by atoms with van der Waals surface area (Å²) < 4.78 is 5.57. The van der Waals surface area contributed by atoms with Gasteiger partial charge in [-0.3, -0.25) is 9.59 Å². The highest BCUT2D eigenvalue weighted by Gasteiger charge is 2.09. The van der Waals surface area contributed by atoms with Gasteiger partial charge >= 0.3 is 5.97 Å². The molecule has 0 aliphatic rings. The molecular weight excluding hydrogens is 246 g/mol. The van der Waals surface area contributed by atoms with E-state index in [4.69, 9.17) is 9.84 Å². The fourth-order valence-corrected chi connectivity index (χ4v) is 1.46. The number of carbonyl (C=O) groups is 2. The first-order valence-electron chi connectivity index (χ1n) is 6.37. The van der Waals surface area contributed by atoms with Crippen LogP contribution in [0.1, 0.15) is 32.6 Å². The molecule has 0 bridgehead atoms. The summed E-state index contributed by atoms with van der Waals surface area (Å²) in [5.41, 5.74) is 0.578. The van der Waals surface area contributed by atoms with Gasteiger partial charge in [0.2, 0.25) is 5.91 Å². The Labute approximate surface area is 112 Å². The van der Waals surface area contributed by atoms with Crippen LogP contribution in [0.2, 0.25) is 0 Å². The van der Waals surface area contributed by atoms with Gasteiger partial charge in [-0.05, 0) is 18.6 Å². The molecule has 2 N–H and O–H groups in total. The smallest absolute Gasteiger partial charge is 0.303 e. The predicted molar refractivity (Wildman–Crippen MR) is 72.3 cm³/mol. The quantitative estimate of drug-likeness (QED) is 0.708. The van der Waals surface area contributed by atoms with Crippen LogP contribution >= 0.6 is 0 Å². The van der Waals surface area contributed by atoms with Gasteiger partial charge in [0.1, 0.15) is 5.75 Å². The zero-order valence-electron chi connectivity index (χ0n) is 11.0. The highest BCUT2D eigenvalue weighted by Crippen LogP contribution is 2.24. The molecular formula is C14H19NO4. The number of anilines is 1. The normalized spacial score (nSPS) is 9.95. The molecule has 0 fully saturated rings.